The molecule has 0 unspecified atom stereocenters. The standard InChI is InChI=1S/C25H39N3O2S/c1-6-14-24(26,15-7-2)18-20-28(21-19-25(27,16-8-3)17-9-4)31(29,30)23-12-10-22(5)11-13-23/h6-13H,1-4,14-21,26-27H2,5H3. The summed E-state index contributed by atoms with van der Waals surface area (Å²) in [7, 11) is -3.70. The molecule has 4 N–H and O–H groups in total. The van der Waals surface area contributed by atoms with E-state index in [4.69, 9.17) is 11.5 Å². The Morgan fingerprint density at radius 2 is 1.16 bits per heavy atom. The SMILES string of the molecule is C=CCC(N)(CC=C)CCN(CCC(N)(CC=C)CC=C)S(=O)(=O)c1ccc(C)cc1. The average Bonchev–Trinajstić information content (AvgIpc) is 2.69. The molecule has 1 aromatic rings. The Morgan fingerprint density at radius 1 is 0.806 bits per heavy atom. The van der Waals surface area contributed by atoms with Crippen molar-refractivity contribution < 1.29 is 8.42 Å². The van der Waals surface area contributed by atoms with E-state index in [-0.39, 0.29) is 18.0 Å². The van der Waals surface area contributed by atoms with Gasteiger partial charge in [0.25, 0.3) is 0 Å². The van der Waals surface area contributed by atoms with Crippen molar-refractivity contribution in [3.05, 3.63) is 80.4 Å². The first-order valence-corrected chi connectivity index (χ1v) is 12.1. The summed E-state index contributed by atoms with van der Waals surface area (Å²) >= 11 is 0. The number of aryl methyl sites for hydroxylation is 1. The van der Waals surface area contributed by atoms with Gasteiger partial charge in [0, 0.05) is 24.2 Å². The summed E-state index contributed by atoms with van der Waals surface area (Å²) in [6, 6.07) is 6.89. The Hall–Kier alpha value is -1.99. The van der Waals surface area contributed by atoms with Crippen molar-refractivity contribution in [2.45, 2.75) is 61.4 Å². The van der Waals surface area contributed by atoms with Crippen molar-refractivity contribution in [1.29, 1.82) is 0 Å². The van der Waals surface area contributed by atoms with Crippen molar-refractivity contribution in [2.24, 2.45) is 11.5 Å². The second-order valence-electron chi connectivity index (χ2n) is 8.41. The Bertz CT molecular complexity index is 790. The molecule has 0 bridgehead atoms. The summed E-state index contributed by atoms with van der Waals surface area (Å²) in [5.74, 6) is 0. The van der Waals surface area contributed by atoms with Gasteiger partial charge in [0.15, 0.2) is 0 Å². The number of benzene rings is 1. The van der Waals surface area contributed by atoms with E-state index in [0.29, 0.717) is 38.5 Å². The zero-order valence-corrected chi connectivity index (χ0v) is 19.7. The number of nitrogens with zero attached hydrogens (tertiary/aromatic N) is 1. The molecule has 0 atom stereocenters. The van der Waals surface area contributed by atoms with Crippen LogP contribution in [0.5, 0.6) is 0 Å². The Balaban J connectivity index is 3.20. The number of hydrogen-bond donors (Lipinski definition) is 2. The molecule has 1 rings (SSSR count). The van der Waals surface area contributed by atoms with Crippen LogP contribution >= 0.6 is 0 Å². The zero-order chi connectivity index (χ0) is 23.5. The summed E-state index contributed by atoms with van der Waals surface area (Å²) < 4.78 is 28.4. The maximum atomic E-state index is 13.5. The molecule has 0 aliphatic carbocycles. The van der Waals surface area contributed by atoms with Gasteiger partial charge in [-0.05, 0) is 57.6 Å². The van der Waals surface area contributed by atoms with E-state index in [9.17, 15) is 8.42 Å². The lowest BCUT2D eigenvalue weighted by molar-refractivity contribution is 0.295. The lowest BCUT2D eigenvalue weighted by Gasteiger charge is -2.33. The average molecular weight is 446 g/mol. The van der Waals surface area contributed by atoms with Gasteiger partial charge in [0.2, 0.25) is 10.0 Å². The lowest BCUT2D eigenvalue weighted by atomic mass is 9.88. The maximum Gasteiger partial charge on any atom is 0.243 e. The monoisotopic (exact) mass is 445 g/mol. The molecule has 0 radical (unpaired) electrons. The molecule has 172 valence electrons. The van der Waals surface area contributed by atoms with Crippen LogP contribution in [-0.2, 0) is 10.0 Å². The van der Waals surface area contributed by atoms with E-state index in [1.807, 2.05) is 6.92 Å². The number of nitrogens with two attached hydrogens (primary N) is 2. The van der Waals surface area contributed by atoms with Crippen LogP contribution in [0.15, 0.2) is 79.8 Å². The fraction of sp³-hybridized carbons (Fsp3) is 0.440. The van der Waals surface area contributed by atoms with E-state index in [0.717, 1.165) is 5.56 Å². The van der Waals surface area contributed by atoms with Crippen LogP contribution < -0.4 is 11.5 Å². The molecule has 0 aliphatic heterocycles. The second-order valence-corrected chi connectivity index (χ2v) is 10.4. The van der Waals surface area contributed by atoms with E-state index in [2.05, 4.69) is 26.3 Å². The van der Waals surface area contributed by atoms with Crippen LogP contribution in [-0.4, -0.2) is 36.9 Å². The van der Waals surface area contributed by atoms with Gasteiger partial charge in [0.1, 0.15) is 0 Å². The van der Waals surface area contributed by atoms with Crippen molar-refractivity contribution in [2.75, 3.05) is 13.1 Å². The topological polar surface area (TPSA) is 89.4 Å². The maximum absolute atomic E-state index is 13.5. The van der Waals surface area contributed by atoms with E-state index in [1.54, 1.807) is 48.6 Å². The van der Waals surface area contributed by atoms with Crippen LogP contribution in [0.25, 0.3) is 0 Å². The highest BCUT2D eigenvalue weighted by molar-refractivity contribution is 7.89. The van der Waals surface area contributed by atoms with Gasteiger partial charge in [-0.15, -0.1) is 26.3 Å². The third-order valence-electron chi connectivity index (χ3n) is 5.58. The Morgan fingerprint density at radius 3 is 1.48 bits per heavy atom. The summed E-state index contributed by atoms with van der Waals surface area (Å²) in [6.45, 7) is 17.6. The minimum Gasteiger partial charge on any atom is -0.324 e. The Kier molecular flexibility index (Phi) is 10.6. The van der Waals surface area contributed by atoms with Crippen molar-refractivity contribution in [1.82, 2.24) is 4.31 Å². The molecule has 0 saturated heterocycles. The summed E-state index contributed by atoms with van der Waals surface area (Å²) in [6.07, 6.45) is 10.3. The van der Waals surface area contributed by atoms with E-state index in [1.165, 1.54) is 4.31 Å². The van der Waals surface area contributed by atoms with Crippen LogP contribution in [0.4, 0.5) is 0 Å². The predicted octanol–water partition coefficient (Wildman–Crippen LogP) is 4.47. The fourth-order valence-electron chi connectivity index (χ4n) is 3.63. The molecule has 0 aromatic heterocycles. The highest BCUT2D eigenvalue weighted by Crippen LogP contribution is 2.25. The quantitative estimate of drug-likeness (QED) is 0.368. The molecular formula is C25H39N3O2S. The largest absolute Gasteiger partial charge is 0.324 e. The fourth-order valence-corrected chi connectivity index (χ4v) is 5.07. The number of sulfonamides is 1. The predicted molar refractivity (Wildman–Crippen MR) is 132 cm³/mol. The van der Waals surface area contributed by atoms with Crippen molar-refractivity contribution >= 4 is 10.0 Å². The summed E-state index contributed by atoms with van der Waals surface area (Å²) in [5.41, 5.74) is 12.9. The van der Waals surface area contributed by atoms with Gasteiger partial charge in [-0.3, -0.25) is 0 Å². The molecular weight excluding hydrogens is 406 g/mol. The summed E-state index contributed by atoms with van der Waals surface area (Å²) in [5, 5.41) is 0. The third-order valence-corrected chi connectivity index (χ3v) is 7.49. The van der Waals surface area contributed by atoms with Crippen molar-refractivity contribution in [3.8, 4) is 0 Å². The van der Waals surface area contributed by atoms with Crippen molar-refractivity contribution in [3.63, 3.8) is 0 Å². The van der Waals surface area contributed by atoms with Gasteiger partial charge in [0.05, 0.1) is 4.90 Å². The molecule has 0 heterocycles. The molecule has 6 heteroatoms. The molecule has 0 aliphatic rings. The second kappa shape index (κ2) is 12.2. The number of hydrogen-bond acceptors (Lipinski definition) is 4. The summed E-state index contributed by atoms with van der Waals surface area (Å²) in [4.78, 5) is 0.267. The van der Waals surface area contributed by atoms with Gasteiger partial charge >= 0.3 is 0 Å². The van der Waals surface area contributed by atoms with Gasteiger partial charge in [-0.2, -0.15) is 4.31 Å². The van der Waals surface area contributed by atoms with Gasteiger partial charge in [-0.25, -0.2) is 8.42 Å². The third kappa shape index (κ3) is 8.22. The molecule has 1 aromatic carbocycles. The highest BCUT2D eigenvalue weighted by Gasteiger charge is 2.31. The first-order chi connectivity index (χ1) is 14.6. The highest BCUT2D eigenvalue weighted by atomic mass is 32.2. The molecule has 0 saturated carbocycles. The van der Waals surface area contributed by atoms with Crippen LogP contribution in [0.1, 0.15) is 44.1 Å². The molecule has 0 fully saturated rings. The zero-order valence-electron chi connectivity index (χ0n) is 18.9. The minimum absolute atomic E-state index is 0.267. The molecule has 0 spiro atoms. The minimum atomic E-state index is -3.70. The van der Waals surface area contributed by atoms with Crippen LogP contribution in [0, 0.1) is 6.92 Å². The first kappa shape index (κ1) is 27.0. The van der Waals surface area contributed by atoms with Gasteiger partial charge < -0.3 is 11.5 Å². The van der Waals surface area contributed by atoms with Gasteiger partial charge in [-0.1, -0.05) is 42.0 Å². The number of rotatable bonds is 16. The van der Waals surface area contributed by atoms with E-state index < -0.39 is 21.1 Å². The lowest BCUT2D eigenvalue weighted by Crippen LogP contribution is -2.46. The smallest absolute Gasteiger partial charge is 0.243 e. The Labute approximate surface area is 189 Å². The molecule has 31 heavy (non-hydrogen) atoms. The van der Waals surface area contributed by atoms with E-state index >= 15 is 0 Å². The molecule has 0 amide bonds. The normalized spacial score (nSPS) is 12.5. The molecule has 5 nitrogen and oxygen atoms in total. The van der Waals surface area contributed by atoms with Crippen LogP contribution in [0.2, 0.25) is 0 Å². The first-order valence-electron chi connectivity index (χ1n) is 10.6. The van der Waals surface area contributed by atoms with Crippen LogP contribution in [0.3, 0.4) is 0 Å².